The molecule has 3 aliphatic rings. The number of nitrogens with one attached hydrogen (secondary N) is 4. The van der Waals surface area contributed by atoms with E-state index in [0.717, 1.165) is 38.5 Å². The molecular weight excluding hydrogens is 522 g/mol. The number of urea groups is 1. The zero-order chi connectivity index (χ0) is 30.3. The SMILES string of the molecule is C=CCC[C@H](NC(=O)[C@@H]1[C@@H]2[C@H](CN1C(=O)[C@@H](NC(=O)NC(C)CC)C1CCCCC1)C2(C)C)C(=O)C(=O)NCC=C. The number of amides is 5. The standard InChI is InChI=1S/C31H49N5O5/c1-7-10-16-22(26(37)28(39)32-17-8-2)34-27(38)25-23-21(31(23,5)6)18-36(25)29(40)24(20-14-12-11-13-15-20)35-30(41)33-19(4)9-3/h7-8,19-25H,1-2,9-18H2,3-6H3,(H,32,39)(H,34,38)(H2,33,35,41)/t19?,21-,22-,23-,24-,25-/m0/s1. The van der Waals surface area contributed by atoms with Gasteiger partial charge in [-0.05, 0) is 62.2 Å². The summed E-state index contributed by atoms with van der Waals surface area (Å²) in [5.74, 6) is -2.18. The number of nitrogens with zero attached hydrogens (tertiary/aromatic N) is 1. The van der Waals surface area contributed by atoms with Crippen LogP contribution in [0.15, 0.2) is 25.3 Å². The maximum atomic E-state index is 14.2. The Hall–Kier alpha value is -3.17. The molecule has 0 aromatic heterocycles. The van der Waals surface area contributed by atoms with Crippen LogP contribution in [0.1, 0.15) is 79.1 Å². The van der Waals surface area contributed by atoms with Gasteiger partial charge in [-0.1, -0.05) is 52.2 Å². The second-order valence-electron chi connectivity index (χ2n) is 12.5. The fourth-order valence-electron chi connectivity index (χ4n) is 6.57. The van der Waals surface area contributed by atoms with E-state index in [1.165, 1.54) is 6.08 Å². The van der Waals surface area contributed by atoms with Crippen molar-refractivity contribution in [1.29, 1.82) is 0 Å². The Balaban J connectivity index is 1.84. The summed E-state index contributed by atoms with van der Waals surface area (Å²) in [6.07, 6.45) is 9.26. The minimum absolute atomic E-state index is 0.0111. The van der Waals surface area contributed by atoms with E-state index < -0.39 is 35.7 Å². The van der Waals surface area contributed by atoms with Gasteiger partial charge in [-0.2, -0.15) is 0 Å². The van der Waals surface area contributed by atoms with Crippen molar-refractivity contribution in [3.8, 4) is 0 Å². The molecule has 4 N–H and O–H groups in total. The first-order chi connectivity index (χ1) is 19.5. The summed E-state index contributed by atoms with van der Waals surface area (Å²) >= 11 is 0. The molecule has 6 atom stereocenters. The van der Waals surface area contributed by atoms with Gasteiger partial charge in [-0.15, -0.1) is 13.2 Å². The zero-order valence-electron chi connectivity index (χ0n) is 25.2. The number of Topliss-reactive ketones (excluding diaryl/α,β-unsaturated/α-hetero) is 1. The first-order valence-corrected chi connectivity index (χ1v) is 15.2. The number of fused-ring (bicyclic) bond motifs is 1. The maximum Gasteiger partial charge on any atom is 0.315 e. The highest BCUT2D eigenvalue weighted by Gasteiger charge is 2.69. The average molecular weight is 572 g/mol. The Bertz CT molecular complexity index is 1020. The van der Waals surface area contributed by atoms with Crippen molar-refractivity contribution in [3.63, 3.8) is 0 Å². The smallest absolute Gasteiger partial charge is 0.315 e. The topological polar surface area (TPSA) is 137 Å². The van der Waals surface area contributed by atoms with E-state index in [2.05, 4.69) is 48.3 Å². The van der Waals surface area contributed by atoms with Gasteiger partial charge >= 0.3 is 6.03 Å². The number of piperidine rings is 1. The van der Waals surface area contributed by atoms with Gasteiger partial charge in [-0.25, -0.2) is 4.79 Å². The molecular formula is C31H49N5O5. The number of hydrogen-bond donors (Lipinski definition) is 4. The summed E-state index contributed by atoms with van der Waals surface area (Å²) in [6, 6.07) is -2.99. The van der Waals surface area contributed by atoms with Crippen LogP contribution >= 0.6 is 0 Å². The summed E-state index contributed by atoms with van der Waals surface area (Å²) in [7, 11) is 0. The molecule has 10 heteroatoms. The molecule has 1 unspecified atom stereocenters. The number of carbonyl (C=O) groups excluding carboxylic acids is 5. The number of likely N-dealkylation sites (tertiary alicyclic amines) is 1. The number of hydrogen-bond acceptors (Lipinski definition) is 5. The monoisotopic (exact) mass is 571 g/mol. The van der Waals surface area contributed by atoms with Crippen molar-refractivity contribution < 1.29 is 24.0 Å². The quantitative estimate of drug-likeness (QED) is 0.188. The van der Waals surface area contributed by atoms with Crippen molar-refractivity contribution in [1.82, 2.24) is 26.2 Å². The predicted octanol–water partition coefficient (Wildman–Crippen LogP) is 2.84. The summed E-state index contributed by atoms with van der Waals surface area (Å²) in [6.45, 7) is 15.9. The molecule has 5 amide bonds. The van der Waals surface area contributed by atoms with Crippen LogP contribution in [-0.4, -0.2) is 71.7 Å². The molecule has 3 rings (SSSR count). The minimum atomic E-state index is -1.04. The first-order valence-electron chi connectivity index (χ1n) is 15.2. The van der Waals surface area contributed by atoms with Gasteiger partial charge in [0.1, 0.15) is 12.1 Å². The minimum Gasteiger partial charge on any atom is -0.346 e. The van der Waals surface area contributed by atoms with Crippen molar-refractivity contribution in [2.24, 2.45) is 23.2 Å². The van der Waals surface area contributed by atoms with Crippen molar-refractivity contribution >= 4 is 29.5 Å². The largest absolute Gasteiger partial charge is 0.346 e. The second-order valence-corrected chi connectivity index (χ2v) is 12.5. The Morgan fingerprint density at radius 3 is 2.29 bits per heavy atom. The van der Waals surface area contributed by atoms with E-state index in [0.29, 0.717) is 13.0 Å². The highest BCUT2D eigenvalue weighted by atomic mass is 16.2. The van der Waals surface area contributed by atoms with Gasteiger partial charge in [0.2, 0.25) is 17.6 Å². The predicted molar refractivity (Wildman–Crippen MR) is 158 cm³/mol. The van der Waals surface area contributed by atoms with Crippen LogP contribution in [0.5, 0.6) is 0 Å². The molecule has 0 bridgehead atoms. The van der Waals surface area contributed by atoms with Gasteiger partial charge in [0, 0.05) is 19.1 Å². The molecule has 0 aromatic carbocycles. The zero-order valence-corrected chi connectivity index (χ0v) is 25.2. The van der Waals surface area contributed by atoms with E-state index in [-0.39, 0.29) is 54.1 Å². The number of rotatable bonds is 14. The molecule has 10 nitrogen and oxygen atoms in total. The van der Waals surface area contributed by atoms with Gasteiger partial charge in [0.25, 0.3) is 5.91 Å². The van der Waals surface area contributed by atoms with Crippen LogP contribution in [0.3, 0.4) is 0 Å². The molecule has 3 fully saturated rings. The molecule has 1 aliphatic heterocycles. The molecule has 2 saturated carbocycles. The van der Waals surface area contributed by atoms with E-state index in [4.69, 9.17) is 0 Å². The number of carbonyl (C=O) groups is 5. The lowest BCUT2D eigenvalue weighted by Crippen LogP contribution is -2.60. The van der Waals surface area contributed by atoms with Crippen molar-refractivity contribution in [2.75, 3.05) is 13.1 Å². The maximum absolute atomic E-state index is 14.2. The molecule has 0 radical (unpaired) electrons. The number of allylic oxidation sites excluding steroid dienone is 1. The number of ketones is 1. The van der Waals surface area contributed by atoms with Gasteiger partial charge in [0.05, 0.1) is 6.04 Å². The Morgan fingerprint density at radius 1 is 1.00 bits per heavy atom. The molecule has 0 aromatic rings. The Morgan fingerprint density at radius 2 is 1.68 bits per heavy atom. The third kappa shape index (κ3) is 7.57. The first kappa shape index (κ1) is 32.3. The van der Waals surface area contributed by atoms with Gasteiger partial charge < -0.3 is 26.2 Å². The van der Waals surface area contributed by atoms with Crippen LogP contribution in [0, 0.1) is 23.2 Å². The van der Waals surface area contributed by atoms with Gasteiger partial charge in [0.15, 0.2) is 0 Å². The lowest BCUT2D eigenvalue weighted by atomic mass is 9.83. The summed E-state index contributed by atoms with van der Waals surface area (Å²) in [5, 5.41) is 11.2. The summed E-state index contributed by atoms with van der Waals surface area (Å²) < 4.78 is 0. The van der Waals surface area contributed by atoms with Crippen molar-refractivity contribution in [2.45, 2.75) is 103 Å². The van der Waals surface area contributed by atoms with Crippen LogP contribution in [0.4, 0.5) is 4.79 Å². The summed E-state index contributed by atoms with van der Waals surface area (Å²) in [5.41, 5.74) is -0.136. The molecule has 2 aliphatic carbocycles. The molecule has 41 heavy (non-hydrogen) atoms. The highest BCUT2D eigenvalue weighted by Crippen LogP contribution is 2.65. The lowest BCUT2D eigenvalue weighted by molar-refractivity contribution is -0.144. The third-order valence-electron chi connectivity index (χ3n) is 9.35. The van der Waals surface area contributed by atoms with E-state index in [1.807, 2.05) is 13.8 Å². The van der Waals surface area contributed by atoms with E-state index in [1.54, 1.807) is 11.0 Å². The molecule has 1 saturated heterocycles. The van der Waals surface area contributed by atoms with Crippen LogP contribution in [-0.2, 0) is 19.2 Å². The molecule has 1 heterocycles. The fraction of sp³-hybridized carbons (Fsp3) is 0.710. The average Bonchev–Trinajstić information content (AvgIpc) is 3.27. The highest BCUT2D eigenvalue weighted by molar-refractivity contribution is 6.38. The van der Waals surface area contributed by atoms with Crippen LogP contribution in [0.2, 0.25) is 0 Å². The lowest BCUT2D eigenvalue weighted by Gasteiger charge is -2.37. The van der Waals surface area contributed by atoms with Crippen LogP contribution < -0.4 is 21.3 Å². The fourth-order valence-corrected chi connectivity index (χ4v) is 6.57. The molecule has 0 spiro atoms. The molecule has 228 valence electrons. The Kier molecular flexibility index (Phi) is 11.2. The van der Waals surface area contributed by atoms with E-state index in [9.17, 15) is 24.0 Å². The Labute approximate surface area is 244 Å². The third-order valence-corrected chi connectivity index (χ3v) is 9.35. The van der Waals surface area contributed by atoms with E-state index >= 15 is 0 Å². The normalized spacial score (nSPS) is 25.1. The van der Waals surface area contributed by atoms with Crippen molar-refractivity contribution in [3.05, 3.63) is 25.3 Å². The van der Waals surface area contributed by atoms with Gasteiger partial charge in [-0.3, -0.25) is 19.2 Å². The van der Waals surface area contributed by atoms with Crippen LogP contribution in [0.25, 0.3) is 0 Å². The second kappa shape index (κ2) is 14.1. The summed E-state index contributed by atoms with van der Waals surface area (Å²) in [4.78, 5) is 67.9.